The topological polar surface area (TPSA) is 38.9 Å². The van der Waals surface area contributed by atoms with Gasteiger partial charge in [0.1, 0.15) is 0 Å². The highest BCUT2D eigenvalue weighted by Crippen LogP contribution is 2.22. The van der Waals surface area contributed by atoms with Crippen LogP contribution in [0.15, 0.2) is 30.3 Å². The van der Waals surface area contributed by atoms with Crippen LogP contribution < -0.4 is 5.73 Å². The van der Waals surface area contributed by atoms with E-state index in [9.17, 15) is 0 Å². The predicted molar refractivity (Wildman–Crippen MR) is 73.3 cm³/mol. The van der Waals surface area contributed by atoms with E-state index in [4.69, 9.17) is 5.73 Å². The smallest absolute Gasteiger partial charge is 0.0705 e. The zero-order valence-corrected chi connectivity index (χ0v) is 10.8. The molecule has 0 bridgehead atoms. The molecule has 2 nitrogen and oxygen atoms in total. The van der Waals surface area contributed by atoms with Crippen molar-refractivity contribution >= 4 is 10.9 Å². The van der Waals surface area contributed by atoms with E-state index in [1.807, 2.05) is 0 Å². The summed E-state index contributed by atoms with van der Waals surface area (Å²) in [5, 5.41) is 1.21. The second kappa shape index (κ2) is 4.84. The molecule has 0 saturated heterocycles. The maximum atomic E-state index is 5.67. The van der Waals surface area contributed by atoms with Crippen LogP contribution >= 0.6 is 0 Å². The fraction of sp³-hybridized carbons (Fsp3) is 0.400. The van der Waals surface area contributed by atoms with Crippen molar-refractivity contribution in [2.24, 2.45) is 5.73 Å². The third-order valence-corrected chi connectivity index (χ3v) is 3.26. The third kappa shape index (κ3) is 2.47. The minimum absolute atomic E-state index is 0.323. The van der Waals surface area contributed by atoms with Crippen molar-refractivity contribution in [3.8, 4) is 0 Å². The zero-order valence-electron chi connectivity index (χ0n) is 10.8. The highest BCUT2D eigenvalue weighted by atomic mass is 14.7. The number of hydrogen-bond donors (Lipinski definition) is 1. The molecule has 1 aromatic carbocycles. The number of nitrogens with two attached hydrogens (primary N) is 1. The van der Waals surface area contributed by atoms with E-state index in [1.54, 1.807) is 0 Å². The van der Waals surface area contributed by atoms with Crippen molar-refractivity contribution < 1.29 is 0 Å². The Labute approximate surface area is 103 Å². The van der Waals surface area contributed by atoms with Crippen molar-refractivity contribution in [1.29, 1.82) is 0 Å². The quantitative estimate of drug-likeness (QED) is 0.874. The monoisotopic (exact) mass is 228 g/mol. The lowest BCUT2D eigenvalue weighted by molar-refractivity contribution is 0.749. The van der Waals surface area contributed by atoms with E-state index in [2.05, 4.69) is 56.1 Å². The number of rotatable bonds is 3. The van der Waals surface area contributed by atoms with Gasteiger partial charge in [0.2, 0.25) is 0 Å². The summed E-state index contributed by atoms with van der Waals surface area (Å²) in [6.45, 7) is 7.16. The second-order valence-corrected chi connectivity index (χ2v) is 4.98. The van der Waals surface area contributed by atoms with Gasteiger partial charge in [-0.3, -0.25) is 4.98 Å². The molecule has 1 atom stereocenters. The van der Waals surface area contributed by atoms with E-state index < -0.39 is 0 Å². The molecule has 0 fully saturated rings. The second-order valence-electron chi connectivity index (χ2n) is 4.98. The van der Waals surface area contributed by atoms with Crippen molar-refractivity contribution in [2.45, 2.75) is 32.6 Å². The average molecular weight is 228 g/mol. The molecular formula is C15H20N2. The number of aromatic nitrogens is 1. The standard InChI is InChI=1S/C15H20N2/c1-10(2)12-4-7-15-13(8-12)5-6-14(17-15)11(3)9-16/h4-8,10-11H,9,16H2,1-3H3. The lowest BCUT2D eigenvalue weighted by Crippen LogP contribution is -2.10. The molecule has 1 heterocycles. The molecule has 0 amide bonds. The summed E-state index contributed by atoms with van der Waals surface area (Å²) in [5.74, 6) is 0.881. The summed E-state index contributed by atoms with van der Waals surface area (Å²) in [4.78, 5) is 4.67. The normalized spacial score (nSPS) is 13.2. The Bertz CT molecular complexity index is 517. The molecule has 2 heteroatoms. The van der Waals surface area contributed by atoms with E-state index in [1.165, 1.54) is 10.9 Å². The molecule has 1 aromatic heterocycles. The summed E-state index contributed by atoms with van der Waals surface area (Å²) in [5.41, 5.74) is 9.18. The first-order chi connectivity index (χ1) is 8.11. The number of pyridine rings is 1. The number of fused-ring (bicyclic) bond motifs is 1. The summed E-state index contributed by atoms with van der Waals surface area (Å²) in [6.07, 6.45) is 0. The van der Waals surface area contributed by atoms with E-state index >= 15 is 0 Å². The number of benzene rings is 1. The molecular weight excluding hydrogens is 208 g/mol. The Morgan fingerprint density at radius 3 is 2.53 bits per heavy atom. The van der Waals surface area contributed by atoms with Gasteiger partial charge in [-0.1, -0.05) is 32.9 Å². The summed E-state index contributed by atoms with van der Waals surface area (Å²) < 4.78 is 0. The Morgan fingerprint density at radius 2 is 1.88 bits per heavy atom. The van der Waals surface area contributed by atoms with Crippen LogP contribution in [0.3, 0.4) is 0 Å². The summed E-state index contributed by atoms with van der Waals surface area (Å²) in [7, 11) is 0. The van der Waals surface area contributed by atoms with E-state index in [-0.39, 0.29) is 0 Å². The van der Waals surface area contributed by atoms with Gasteiger partial charge in [-0.05, 0) is 29.7 Å². The van der Waals surface area contributed by atoms with Gasteiger partial charge in [0.25, 0.3) is 0 Å². The van der Waals surface area contributed by atoms with Gasteiger partial charge in [-0.15, -0.1) is 0 Å². The van der Waals surface area contributed by atoms with Crippen LogP contribution in [-0.2, 0) is 0 Å². The predicted octanol–water partition coefficient (Wildman–Crippen LogP) is 3.42. The highest BCUT2D eigenvalue weighted by molar-refractivity contribution is 5.79. The van der Waals surface area contributed by atoms with Crippen molar-refractivity contribution in [3.05, 3.63) is 41.6 Å². The van der Waals surface area contributed by atoms with Gasteiger partial charge >= 0.3 is 0 Å². The van der Waals surface area contributed by atoms with Crippen LogP contribution in [0.5, 0.6) is 0 Å². The minimum atomic E-state index is 0.323. The Balaban J connectivity index is 2.46. The largest absolute Gasteiger partial charge is 0.330 e. The van der Waals surface area contributed by atoms with Crippen LogP contribution in [0.4, 0.5) is 0 Å². The fourth-order valence-corrected chi connectivity index (χ4v) is 1.91. The molecule has 0 radical (unpaired) electrons. The van der Waals surface area contributed by atoms with Gasteiger partial charge < -0.3 is 5.73 Å². The minimum Gasteiger partial charge on any atom is -0.330 e. The number of nitrogens with zero attached hydrogens (tertiary/aromatic N) is 1. The van der Waals surface area contributed by atoms with Crippen molar-refractivity contribution in [2.75, 3.05) is 6.54 Å². The lowest BCUT2D eigenvalue weighted by atomic mass is 10.00. The molecule has 2 aromatic rings. The zero-order chi connectivity index (χ0) is 12.4. The van der Waals surface area contributed by atoms with Gasteiger partial charge in [0, 0.05) is 23.5 Å². The SMILES string of the molecule is CC(C)c1ccc2nc(C(C)CN)ccc2c1. The highest BCUT2D eigenvalue weighted by Gasteiger charge is 2.06. The molecule has 1 unspecified atom stereocenters. The molecule has 17 heavy (non-hydrogen) atoms. The summed E-state index contributed by atoms with van der Waals surface area (Å²) >= 11 is 0. The van der Waals surface area contributed by atoms with Crippen LogP contribution in [0, 0.1) is 0 Å². The van der Waals surface area contributed by atoms with Crippen LogP contribution in [0.25, 0.3) is 10.9 Å². The van der Waals surface area contributed by atoms with Crippen LogP contribution in [0.1, 0.15) is 43.9 Å². The number of hydrogen-bond acceptors (Lipinski definition) is 2. The van der Waals surface area contributed by atoms with E-state index in [0.717, 1.165) is 11.2 Å². The maximum Gasteiger partial charge on any atom is 0.0705 e. The van der Waals surface area contributed by atoms with Crippen LogP contribution in [0.2, 0.25) is 0 Å². The van der Waals surface area contributed by atoms with Gasteiger partial charge in [-0.25, -0.2) is 0 Å². The van der Waals surface area contributed by atoms with Crippen LogP contribution in [-0.4, -0.2) is 11.5 Å². The molecule has 0 aliphatic carbocycles. The average Bonchev–Trinajstić information content (AvgIpc) is 2.36. The summed E-state index contributed by atoms with van der Waals surface area (Å²) in [6, 6.07) is 10.7. The van der Waals surface area contributed by atoms with Gasteiger partial charge in [0.15, 0.2) is 0 Å². The maximum absolute atomic E-state index is 5.67. The van der Waals surface area contributed by atoms with E-state index in [0.29, 0.717) is 18.4 Å². The van der Waals surface area contributed by atoms with Gasteiger partial charge in [-0.2, -0.15) is 0 Å². The lowest BCUT2D eigenvalue weighted by Gasteiger charge is -2.10. The Morgan fingerprint density at radius 1 is 1.12 bits per heavy atom. The Kier molecular flexibility index (Phi) is 3.43. The molecule has 0 spiro atoms. The molecule has 2 N–H and O–H groups in total. The van der Waals surface area contributed by atoms with Gasteiger partial charge in [0.05, 0.1) is 5.52 Å². The first-order valence-electron chi connectivity index (χ1n) is 6.22. The van der Waals surface area contributed by atoms with Crippen molar-refractivity contribution in [3.63, 3.8) is 0 Å². The van der Waals surface area contributed by atoms with Crippen molar-refractivity contribution in [1.82, 2.24) is 4.98 Å². The molecule has 0 aliphatic rings. The first kappa shape index (κ1) is 12.1. The third-order valence-electron chi connectivity index (χ3n) is 3.26. The first-order valence-corrected chi connectivity index (χ1v) is 6.22. The molecule has 90 valence electrons. The molecule has 0 aliphatic heterocycles. The molecule has 2 rings (SSSR count). The molecule has 0 saturated carbocycles. The fourth-order valence-electron chi connectivity index (χ4n) is 1.91. The Hall–Kier alpha value is -1.41.